The number of morpholine rings is 1. The molecule has 0 atom stereocenters. The number of hydrogen-bond donors (Lipinski definition) is 2. The van der Waals surface area contributed by atoms with Gasteiger partial charge in [-0.3, -0.25) is 4.90 Å². The quantitative estimate of drug-likeness (QED) is 0.743. The fourth-order valence-electron chi connectivity index (χ4n) is 2.10. The van der Waals surface area contributed by atoms with Crippen LogP contribution in [-0.4, -0.2) is 57.8 Å². The summed E-state index contributed by atoms with van der Waals surface area (Å²) in [6.45, 7) is 4.46. The van der Waals surface area contributed by atoms with Crippen molar-refractivity contribution in [3.63, 3.8) is 0 Å². The van der Waals surface area contributed by atoms with Crippen LogP contribution in [0.5, 0.6) is 5.75 Å². The average molecular weight is 300 g/mol. The summed E-state index contributed by atoms with van der Waals surface area (Å²) in [6.07, 6.45) is 0.729. The Balaban J connectivity index is 1.79. The van der Waals surface area contributed by atoms with Gasteiger partial charge in [-0.25, -0.2) is 13.1 Å². The van der Waals surface area contributed by atoms with E-state index in [4.69, 9.17) is 4.74 Å². The van der Waals surface area contributed by atoms with Crippen molar-refractivity contribution in [1.29, 1.82) is 0 Å². The summed E-state index contributed by atoms with van der Waals surface area (Å²) in [4.78, 5) is 2.17. The Morgan fingerprint density at radius 2 is 1.95 bits per heavy atom. The van der Waals surface area contributed by atoms with Gasteiger partial charge in [-0.1, -0.05) is 12.1 Å². The molecule has 6 nitrogen and oxygen atoms in total. The topological polar surface area (TPSA) is 78.9 Å². The standard InChI is InChI=1S/C13H20N2O4S/c16-12-4-1-2-5-13(12)20(17,18)14-6-3-7-15-8-10-19-11-9-15/h1-2,4-5,14,16H,3,6-11H2. The number of phenols is 1. The minimum Gasteiger partial charge on any atom is -0.507 e. The fraction of sp³-hybridized carbons (Fsp3) is 0.538. The molecule has 0 unspecified atom stereocenters. The van der Waals surface area contributed by atoms with E-state index in [1.165, 1.54) is 12.1 Å². The van der Waals surface area contributed by atoms with Crippen LogP contribution < -0.4 is 4.72 Å². The maximum Gasteiger partial charge on any atom is 0.244 e. The van der Waals surface area contributed by atoms with Crippen molar-refractivity contribution >= 4 is 10.0 Å². The SMILES string of the molecule is O=S(=O)(NCCCN1CCOCC1)c1ccccc1O. The van der Waals surface area contributed by atoms with Gasteiger partial charge in [0.2, 0.25) is 10.0 Å². The predicted octanol–water partition coefficient (Wildman–Crippen LogP) is 0.393. The van der Waals surface area contributed by atoms with Crippen LogP contribution in [0, 0.1) is 0 Å². The number of ether oxygens (including phenoxy) is 1. The van der Waals surface area contributed by atoms with Gasteiger partial charge in [-0.15, -0.1) is 0 Å². The molecule has 1 heterocycles. The Kier molecular flexibility index (Phi) is 5.36. The zero-order valence-corrected chi connectivity index (χ0v) is 12.1. The lowest BCUT2D eigenvalue weighted by atomic mass is 10.3. The van der Waals surface area contributed by atoms with E-state index in [0.29, 0.717) is 6.54 Å². The molecular weight excluding hydrogens is 280 g/mol. The molecule has 112 valence electrons. The molecule has 0 spiro atoms. The molecule has 0 saturated carbocycles. The van der Waals surface area contributed by atoms with Crippen LogP contribution >= 0.6 is 0 Å². The zero-order chi connectivity index (χ0) is 14.4. The summed E-state index contributed by atoms with van der Waals surface area (Å²) < 4.78 is 31.8. The number of para-hydroxylation sites is 1. The third-order valence-corrected chi connectivity index (χ3v) is 4.71. The summed E-state index contributed by atoms with van der Waals surface area (Å²) in [6, 6.07) is 5.93. The number of nitrogens with zero attached hydrogens (tertiary/aromatic N) is 1. The minimum atomic E-state index is -3.64. The van der Waals surface area contributed by atoms with Crippen molar-refractivity contribution in [2.75, 3.05) is 39.4 Å². The monoisotopic (exact) mass is 300 g/mol. The molecule has 1 aromatic rings. The first-order valence-corrected chi connectivity index (χ1v) is 8.16. The molecule has 1 aliphatic heterocycles. The second-order valence-corrected chi connectivity index (χ2v) is 6.41. The lowest BCUT2D eigenvalue weighted by Crippen LogP contribution is -2.38. The molecule has 0 amide bonds. The van der Waals surface area contributed by atoms with E-state index < -0.39 is 10.0 Å². The van der Waals surface area contributed by atoms with E-state index in [1.807, 2.05) is 0 Å². The first kappa shape index (κ1) is 15.2. The summed E-state index contributed by atoms with van der Waals surface area (Å²) >= 11 is 0. The highest BCUT2D eigenvalue weighted by atomic mass is 32.2. The van der Waals surface area contributed by atoms with Gasteiger partial charge in [0.1, 0.15) is 10.6 Å². The van der Waals surface area contributed by atoms with Gasteiger partial charge in [0, 0.05) is 19.6 Å². The van der Waals surface area contributed by atoms with Crippen LogP contribution in [-0.2, 0) is 14.8 Å². The molecule has 2 N–H and O–H groups in total. The van der Waals surface area contributed by atoms with E-state index in [0.717, 1.165) is 39.3 Å². The van der Waals surface area contributed by atoms with Crippen LogP contribution in [0.3, 0.4) is 0 Å². The molecule has 1 fully saturated rings. The second kappa shape index (κ2) is 7.03. The van der Waals surface area contributed by atoms with Crippen LogP contribution in [0.4, 0.5) is 0 Å². The van der Waals surface area contributed by atoms with Crippen LogP contribution in [0.25, 0.3) is 0 Å². The molecule has 0 aromatic heterocycles. The summed E-state index contributed by atoms with van der Waals surface area (Å²) in [5.41, 5.74) is 0. The summed E-state index contributed by atoms with van der Waals surface area (Å²) in [5.74, 6) is -0.229. The first-order valence-electron chi connectivity index (χ1n) is 6.67. The highest BCUT2D eigenvalue weighted by Crippen LogP contribution is 2.20. The highest BCUT2D eigenvalue weighted by Gasteiger charge is 2.17. The van der Waals surface area contributed by atoms with Gasteiger partial charge in [0.15, 0.2) is 0 Å². The molecule has 7 heteroatoms. The molecule has 0 radical (unpaired) electrons. The predicted molar refractivity (Wildman–Crippen MR) is 75.2 cm³/mol. The van der Waals surface area contributed by atoms with Gasteiger partial charge in [-0.05, 0) is 25.1 Å². The van der Waals surface area contributed by atoms with Crippen molar-refractivity contribution in [2.45, 2.75) is 11.3 Å². The fourth-order valence-corrected chi connectivity index (χ4v) is 3.27. The second-order valence-electron chi connectivity index (χ2n) is 4.67. The van der Waals surface area contributed by atoms with Gasteiger partial charge < -0.3 is 9.84 Å². The number of rotatable bonds is 6. The largest absolute Gasteiger partial charge is 0.507 e. The molecule has 20 heavy (non-hydrogen) atoms. The number of benzene rings is 1. The number of aromatic hydroxyl groups is 1. The average Bonchev–Trinajstić information content (AvgIpc) is 2.45. The van der Waals surface area contributed by atoms with Crippen molar-refractivity contribution in [3.05, 3.63) is 24.3 Å². The van der Waals surface area contributed by atoms with E-state index >= 15 is 0 Å². The molecule has 1 saturated heterocycles. The smallest absolute Gasteiger partial charge is 0.244 e. The Labute approximate surface area is 119 Å². The van der Waals surface area contributed by atoms with Crippen molar-refractivity contribution in [2.24, 2.45) is 0 Å². The lowest BCUT2D eigenvalue weighted by molar-refractivity contribution is 0.0376. The van der Waals surface area contributed by atoms with E-state index in [9.17, 15) is 13.5 Å². The Morgan fingerprint density at radius 1 is 1.25 bits per heavy atom. The molecular formula is C13H20N2O4S. The Morgan fingerprint density at radius 3 is 2.65 bits per heavy atom. The highest BCUT2D eigenvalue weighted by molar-refractivity contribution is 7.89. The normalized spacial score (nSPS) is 17.2. The first-order chi connectivity index (χ1) is 9.59. The van der Waals surface area contributed by atoms with Crippen LogP contribution in [0.15, 0.2) is 29.2 Å². The minimum absolute atomic E-state index is 0.0774. The Hall–Kier alpha value is -1.15. The Bertz CT molecular complexity index is 527. The van der Waals surface area contributed by atoms with Crippen molar-refractivity contribution < 1.29 is 18.3 Å². The molecule has 1 aromatic carbocycles. The molecule has 0 bridgehead atoms. The van der Waals surface area contributed by atoms with Crippen LogP contribution in [0.1, 0.15) is 6.42 Å². The number of hydrogen-bond acceptors (Lipinski definition) is 5. The number of sulfonamides is 1. The van der Waals surface area contributed by atoms with Crippen LogP contribution in [0.2, 0.25) is 0 Å². The van der Waals surface area contributed by atoms with Gasteiger partial charge >= 0.3 is 0 Å². The lowest BCUT2D eigenvalue weighted by Gasteiger charge is -2.26. The molecule has 2 rings (SSSR count). The van der Waals surface area contributed by atoms with Crippen molar-refractivity contribution in [1.82, 2.24) is 9.62 Å². The van der Waals surface area contributed by atoms with Gasteiger partial charge in [0.05, 0.1) is 13.2 Å². The number of nitrogens with one attached hydrogen (secondary N) is 1. The zero-order valence-electron chi connectivity index (χ0n) is 11.3. The third kappa shape index (κ3) is 4.17. The van der Waals surface area contributed by atoms with Gasteiger partial charge in [-0.2, -0.15) is 0 Å². The molecule has 1 aliphatic rings. The molecule has 0 aliphatic carbocycles. The third-order valence-electron chi connectivity index (χ3n) is 3.20. The summed E-state index contributed by atoms with van der Waals surface area (Å²) in [5, 5.41) is 9.57. The van der Waals surface area contributed by atoms with Gasteiger partial charge in [0.25, 0.3) is 0 Å². The van der Waals surface area contributed by atoms with E-state index in [-0.39, 0.29) is 10.6 Å². The van der Waals surface area contributed by atoms with Crippen molar-refractivity contribution in [3.8, 4) is 5.75 Å². The maximum absolute atomic E-state index is 12.0. The summed E-state index contributed by atoms with van der Waals surface area (Å²) in [7, 11) is -3.64. The number of phenolic OH excluding ortho intramolecular Hbond substituents is 1. The van der Waals surface area contributed by atoms with E-state index in [2.05, 4.69) is 9.62 Å². The maximum atomic E-state index is 12.0. The van der Waals surface area contributed by atoms with E-state index in [1.54, 1.807) is 12.1 Å².